The standard InChI is InChI=1S/C15H8F6N6O3/c16-14(17,18)7-1-3-9-11(5-7)26(24-22-9)29-13(28)30-27-12-6-8(15(19,20)21)2-4-10(12)23-25-27/h1-6,22,24H. The van der Waals surface area contributed by atoms with Crippen molar-refractivity contribution in [3.8, 4) is 0 Å². The minimum atomic E-state index is -4.66. The van der Waals surface area contributed by atoms with E-state index in [1.165, 1.54) is 0 Å². The Bertz CT molecular complexity index is 1130. The Morgan fingerprint density at radius 2 is 1.60 bits per heavy atom. The van der Waals surface area contributed by atoms with Crippen molar-refractivity contribution in [1.29, 1.82) is 0 Å². The lowest BCUT2D eigenvalue weighted by molar-refractivity contribution is -0.138. The number of hydrogen-bond acceptors (Lipinski definition) is 8. The van der Waals surface area contributed by atoms with Crippen molar-refractivity contribution in [2.24, 2.45) is 0 Å². The van der Waals surface area contributed by atoms with Crippen molar-refractivity contribution in [3.63, 3.8) is 0 Å². The lowest BCUT2D eigenvalue weighted by Crippen LogP contribution is -2.40. The highest BCUT2D eigenvalue weighted by atomic mass is 19.4. The molecule has 0 atom stereocenters. The lowest BCUT2D eigenvalue weighted by Gasteiger charge is -2.16. The third-order valence-electron chi connectivity index (χ3n) is 3.91. The summed E-state index contributed by atoms with van der Waals surface area (Å²) in [6.45, 7) is 0. The largest absolute Gasteiger partial charge is 0.562 e. The summed E-state index contributed by atoms with van der Waals surface area (Å²) in [6, 6.07) is 5.07. The summed E-state index contributed by atoms with van der Waals surface area (Å²) in [7, 11) is 0. The molecule has 0 amide bonds. The van der Waals surface area contributed by atoms with Gasteiger partial charge in [-0.3, -0.25) is 15.1 Å². The molecule has 2 heterocycles. The molecule has 0 fully saturated rings. The minimum absolute atomic E-state index is 0.00284. The first kappa shape index (κ1) is 19.6. The number of rotatable bonds is 2. The number of anilines is 2. The van der Waals surface area contributed by atoms with Crippen molar-refractivity contribution in [3.05, 3.63) is 47.5 Å². The summed E-state index contributed by atoms with van der Waals surface area (Å²) < 4.78 is 77.2. The molecule has 3 aromatic rings. The molecule has 0 saturated carbocycles. The van der Waals surface area contributed by atoms with E-state index in [-0.39, 0.29) is 22.4 Å². The van der Waals surface area contributed by atoms with E-state index in [0.29, 0.717) is 22.2 Å². The zero-order valence-electron chi connectivity index (χ0n) is 14.2. The maximum Gasteiger partial charge on any atom is 0.562 e. The van der Waals surface area contributed by atoms with E-state index >= 15 is 0 Å². The quantitative estimate of drug-likeness (QED) is 0.469. The van der Waals surface area contributed by atoms with Gasteiger partial charge in [-0.05, 0) is 41.6 Å². The Kier molecular flexibility index (Phi) is 4.34. The number of carbonyl (C=O) groups excluding carboxylic acids is 1. The van der Waals surface area contributed by atoms with Crippen LogP contribution in [0.5, 0.6) is 0 Å². The third kappa shape index (κ3) is 3.61. The van der Waals surface area contributed by atoms with Gasteiger partial charge in [0.05, 0.1) is 16.8 Å². The number of hydrogen-bond donors (Lipinski definition) is 2. The highest BCUT2D eigenvalue weighted by Gasteiger charge is 2.34. The van der Waals surface area contributed by atoms with Gasteiger partial charge in [0.1, 0.15) is 16.7 Å². The normalized spacial score (nSPS) is 13.9. The van der Waals surface area contributed by atoms with Gasteiger partial charge in [0, 0.05) is 0 Å². The molecule has 1 aliphatic rings. The number of benzene rings is 2. The summed E-state index contributed by atoms with van der Waals surface area (Å²) in [6.07, 6.45) is -10.8. The molecule has 2 N–H and O–H groups in total. The van der Waals surface area contributed by atoms with Crippen LogP contribution in [-0.2, 0) is 17.2 Å². The summed E-state index contributed by atoms with van der Waals surface area (Å²) in [5.41, 5.74) is 2.39. The molecule has 0 saturated heterocycles. The van der Waals surface area contributed by atoms with Crippen molar-refractivity contribution < 1.29 is 40.8 Å². The molecule has 1 aromatic heterocycles. The van der Waals surface area contributed by atoms with Gasteiger partial charge in [-0.2, -0.15) is 31.1 Å². The Morgan fingerprint density at radius 3 is 2.30 bits per heavy atom. The molecule has 9 nitrogen and oxygen atoms in total. The zero-order chi connectivity index (χ0) is 21.7. The highest BCUT2D eigenvalue weighted by molar-refractivity contribution is 5.77. The lowest BCUT2D eigenvalue weighted by atomic mass is 10.1. The second kappa shape index (κ2) is 6.65. The Hall–Kier alpha value is -3.75. The molecule has 1 aliphatic heterocycles. The van der Waals surface area contributed by atoms with Crippen LogP contribution in [0.15, 0.2) is 36.4 Å². The van der Waals surface area contributed by atoms with Gasteiger partial charge < -0.3 is 0 Å². The van der Waals surface area contributed by atoms with E-state index in [9.17, 15) is 31.1 Å². The van der Waals surface area contributed by atoms with Crippen LogP contribution in [-0.4, -0.2) is 21.3 Å². The fourth-order valence-corrected chi connectivity index (χ4v) is 2.53. The van der Waals surface area contributed by atoms with Crippen LogP contribution in [0.3, 0.4) is 0 Å². The molecule has 0 spiro atoms. The smallest absolute Gasteiger partial charge is 0.299 e. The van der Waals surface area contributed by atoms with Crippen molar-refractivity contribution in [2.75, 3.05) is 10.6 Å². The summed E-state index contributed by atoms with van der Waals surface area (Å²) in [5.74, 6) is 0. The maximum atomic E-state index is 12.9. The molecule has 15 heteroatoms. The number of carbonyl (C=O) groups is 1. The highest BCUT2D eigenvalue weighted by Crippen LogP contribution is 2.37. The predicted octanol–water partition coefficient (Wildman–Crippen LogP) is 3.30. The fourth-order valence-electron chi connectivity index (χ4n) is 2.53. The number of aromatic nitrogens is 3. The third-order valence-corrected chi connectivity index (χ3v) is 3.91. The molecule has 30 heavy (non-hydrogen) atoms. The van der Waals surface area contributed by atoms with Gasteiger partial charge >= 0.3 is 18.5 Å². The van der Waals surface area contributed by atoms with Crippen molar-refractivity contribution in [1.82, 2.24) is 20.7 Å². The van der Waals surface area contributed by atoms with E-state index in [1.54, 1.807) is 0 Å². The van der Waals surface area contributed by atoms with Crippen LogP contribution in [0.1, 0.15) is 11.1 Å². The zero-order valence-corrected chi connectivity index (χ0v) is 14.2. The van der Waals surface area contributed by atoms with E-state index in [2.05, 4.69) is 21.3 Å². The van der Waals surface area contributed by atoms with Gasteiger partial charge in [-0.1, -0.05) is 4.85 Å². The summed E-state index contributed by atoms with van der Waals surface area (Å²) in [5, 5.41) is 7.49. The molecule has 0 unspecified atom stereocenters. The van der Waals surface area contributed by atoms with Crippen LogP contribution in [0.2, 0.25) is 0 Å². The average molecular weight is 434 g/mol. The summed E-state index contributed by atoms with van der Waals surface area (Å²) in [4.78, 5) is 21.8. The Labute approximate surface area is 161 Å². The van der Waals surface area contributed by atoms with E-state index in [4.69, 9.17) is 9.68 Å². The van der Waals surface area contributed by atoms with Crippen molar-refractivity contribution in [2.45, 2.75) is 12.4 Å². The molecule has 158 valence electrons. The molecule has 0 bridgehead atoms. The molecule has 0 radical (unpaired) electrons. The van der Waals surface area contributed by atoms with Crippen LogP contribution in [0, 0.1) is 0 Å². The first-order chi connectivity index (χ1) is 14.0. The van der Waals surface area contributed by atoms with E-state index < -0.39 is 29.6 Å². The van der Waals surface area contributed by atoms with Crippen LogP contribution in [0.4, 0.5) is 42.5 Å². The minimum Gasteiger partial charge on any atom is -0.299 e. The van der Waals surface area contributed by atoms with Crippen LogP contribution >= 0.6 is 0 Å². The first-order valence-electron chi connectivity index (χ1n) is 7.88. The number of alkyl halides is 6. The van der Waals surface area contributed by atoms with Crippen LogP contribution in [0.25, 0.3) is 11.0 Å². The monoisotopic (exact) mass is 434 g/mol. The number of nitrogens with one attached hydrogen (secondary N) is 2. The van der Waals surface area contributed by atoms with Gasteiger partial charge in [-0.15, -0.1) is 15.8 Å². The molecule has 0 aliphatic carbocycles. The number of halogens is 6. The second-order valence-corrected chi connectivity index (χ2v) is 5.86. The average Bonchev–Trinajstić information content (AvgIpc) is 3.24. The fraction of sp³-hybridized carbons (Fsp3) is 0.133. The molecule has 4 rings (SSSR count). The predicted molar refractivity (Wildman–Crippen MR) is 86.3 cm³/mol. The number of hydrazine groups is 2. The second-order valence-electron chi connectivity index (χ2n) is 5.86. The first-order valence-corrected chi connectivity index (χ1v) is 7.88. The topological polar surface area (TPSA) is 93.5 Å². The molecular formula is C15H8F6N6O3. The van der Waals surface area contributed by atoms with Gasteiger partial charge in [0.2, 0.25) is 0 Å². The van der Waals surface area contributed by atoms with E-state index in [0.717, 1.165) is 24.3 Å². The molecule has 2 aromatic carbocycles. The summed E-state index contributed by atoms with van der Waals surface area (Å²) >= 11 is 0. The van der Waals surface area contributed by atoms with Crippen molar-refractivity contribution >= 4 is 28.6 Å². The van der Waals surface area contributed by atoms with Gasteiger partial charge in [0.25, 0.3) is 0 Å². The SMILES string of the molecule is O=C(ON1NNc2ccc(C(F)(F)F)cc21)On1nnc2ccc(C(F)(F)F)cc21. The van der Waals surface area contributed by atoms with Gasteiger partial charge in [-0.25, -0.2) is 0 Å². The van der Waals surface area contributed by atoms with Gasteiger partial charge in [0.15, 0.2) is 0 Å². The molecular weight excluding hydrogens is 426 g/mol. The number of nitrogens with zero attached hydrogens (tertiary/aromatic N) is 4. The van der Waals surface area contributed by atoms with E-state index in [1.807, 2.05) is 0 Å². The maximum absolute atomic E-state index is 12.9. The Balaban J connectivity index is 1.53. The number of fused-ring (bicyclic) bond motifs is 2. The van der Waals surface area contributed by atoms with Crippen LogP contribution < -0.4 is 21.0 Å². The Morgan fingerprint density at radius 1 is 0.933 bits per heavy atom.